The number of likely N-dealkylation sites (N-methyl/N-ethyl adjacent to an activating group) is 1. The molecule has 26 heavy (non-hydrogen) atoms. The number of carbonyl (C=O) groups excluding carboxylic acids is 1. The van der Waals surface area contributed by atoms with Crippen molar-refractivity contribution in [1.82, 2.24) is 10.2 Å². The average Bonchev–Trinajstić information content (AvgIpc) is 3.34. The monoisotopic (exact) mass is 374 g/mol. The zero-order valence-corrected chi connectivity index (χ0v) is 16.1. The summed E-state index contributed by atoms with van der Waals surface area (Å²) < 4.78 is 11.4. The molecule has 1 fully saturated rings. The molecule has 1 N–H and O–H groups in total. The van der Waals surface area contributed by atoms with E-state index in [1.54, 1.807) is 17.4 Å². The number of amides is 1. The highest BCUT2D eigenvalue weighted by Gasteiger charge is 2.18. The molecule has 3 rings (SSSR count). The lowest BCUT2D eigenvalue weighted by Gasteiger charge is -2.23. The number of nitrogens with one attached hydrogen (secondary N) is 1. The first-order chi connectivity index (χ1) is 12.6. The van der Waals surface area contributed by atoms with E-state index < -0.39 is 0 Å². The van der Waals surface area contributed by atoms with Gasteiger partial charge in [0.05, 0.1) is 12.1 Å². The Hall–Kier alpha value is -1.89. The second kappa shape index (κ2) is 9.16. The van der Waals surface area contributed by atoms with Crippen molar-refractivity contribution in [2.75, 3.05) is 33.9 Å². The minimum atomic E-state index is -0.0871. The molecule has 6 heteroatoms. The summed E-state index contributed by atoms with van der Waals surface area (Å²) in [6.07, 6.45) is 2.29. The van der Waals surface area contributed by atoms with Crippen molar-refractivity contribution < 1.29 is 14.3 Å². The van der Waals surface area contributed by atoms with E-state index in [0.29, 0.717) is 24.5 Å². The minimum Gasteiger partial charge on any atom is -0.491 e. The van der Waals surface area contributed by atoms with Gasteiger partial charge >= 0.3 is 0 Å². The summed E-state index contributed by atoms with van der Waals surface area (Å²) >= 11 is 1.70. The molecular formula is C20H26N2O3S. The van der Waals surface area contributed by atoms with Gasteiger partial charge in [0.25, 0.3) is 5.91 Å². The van der Waals surface area contributed by atoms with Gasteiger partial charge in [-0.05, 0) is 56.6 Å². The normalized spacial score (nSPS) is 18.0. The summed E-state index contributed by atoms with van der Waals surface area (Å²) in [6, 6.07) is 11.6. The van der Waals surface area contributed by atoms with Crippen LogP contribution in [0.3, 0.4) is 0 Å². The zero-order valence-electron chi connectivity index (χ0n) is 15.3. The number of hydrogen-bond donors (Lipinski definition) is 1. The molecule has 1 saturated heterocycles. The molecule has 2 unspecified atom stereocenters. The third-order valence-electron chi connectivity index (χ3n) is 4.51. The highest BCUT2D eigenvalue weighted by molar-refractivity contribution is 7.10. The lowest BCUT2D eigenvalue weighted by Crippen LogP contribution is -2.34. The van der Waals surface area contributed by atoms with Gasteiger partial charge in [0.1, 0.15) is 12.4 Å². The molecule has 1 aliphatic heterocycles. The van der Waals surface area contributed by atoms with Gasteiger partial charge in [-0.25, -0.2) is 0 Å². The van der Waals surface area contributed by atoms with Crippen LogP contribution in [-0.2, 0) is 4.74 Å². The van der Waals surface area contributed by atoms with Gasteiger partial charge in [-0.15, -0.1) is 11.3 Å². The van der Waals surface area contributed by atoms with Gasteiger partial charge in [-0.2, -0.15) is 0 Å². The van der Waals surface area contributed by atoms with Gasteiger partial charge < -0.3 is 19.7 Å². The smallest absolute Gasteiger partial charge is 0.251 e. The summed E-state index contributed by atoms with van der Waals surface area (Å²) in [7, 11) is 4.05. The molecule has 0 saturated carbocycles. The van der Waals surface area contributed by atoms with Crippen LogP contribution in [0.5, 0.6) is 5.75 Å². The summed E-state index contributed by atoms with van der Waals surface area (Å²) in [5.41, 5.74) is 0.610. The van der Waals surface area contributed by atoms with Crippen LogP contribution in [0.1, 0.15) is 34.1 Å². The van der Waals surface area contributed by atoms with Crippen LogP contribution in [-0.4, -0.2) is 50.8 Å². The fraction of sp³-hybridized carbons (Fsp3) is 0.450. The number of nitrogens with zero attached hydrogens (tertiary/aromatic N) is 1. The fourth-order valence-corrected chi connectivity index (χ4v) is 3.92. The molecule has 1 aromatic heterocycles. The van der Waals surface area contributed by atoms with Gasteiger partial charge in [0.2, 0.25) is 0 Å². The maximum Gasteiger partial charge on any atom is 0.251 e. The van der Waals surface area contributed by atoms with E-state index in [0.717, 1.165) is 19.4 Å². The molecular weight excluding hydrogens is 348 g/mol. The molecule has 0 radical (unpaired) electrons. The van der Waals surface area contributed by atoms with E-state index in [-0.39, 0.29) is 18.1 Å². The Morgan fingerprint density at radius 1 is 1.38 bits per heavy atom. The Bertz CT molecular complexity index is 697. The molecule has 2 heterocycles. The van der Waals surface area contributed by atoms with Crippen molar-refractivity contribution in [2.45, 2.75) is 25.0 Å². The second-order valence-corrected chi connectivity index (χ2v) is 7.66. The topological polar surface area (TPSA) is 50.8 Å². The molecule has 140 valence electrons. The Morgan fingerprint density at radius 2 is 2.27 bits per heavy atom. The van der Waals surface area contributed by atoms with Crippen molar-refractivity contribution in [3.8, 4) is 5.75 Å². The molecule has 5 nitrogen and oxygen atoms in total. The van der Waals surface area contributed by atoms with E-state index in [2.05, 4.69) is 21.7 Å². The van der Waals surface area contributed by atoms with Crippen molar-refractivity contribution in [1.29, 1.82) is 0 Å². The maximum absolute atomic E-state index is 12.5. The Labute approximate surface area is 158 Å². The van der Waals surface area contributed by atoms with Crippen LogP contribution < -0.4 is 10.1 Å². The molecule has 1 aromatic carbocycles. The molecule has 1 aliphatic rings. The zero-order chi connectivity index (χ0) is 18.4. The molecule has 0 bridgehead atoms. The highest BCUT2D eigenvalue weighted by Crippen LogP contribution is 2.22. The van der Waals surface area contributed by atoms with Crippen LogP contribution in [0, 0.1) is 0 Å². The predicted molar refractivity (Wildman–Crippen MR) is 104 cm³/mol. The van der Waals surface area contributed by atoms with Gasteiger partial charge in [0, 0.05) is 23.6 Å². The van der Waals surface area contributed by atoms with E-state index in [1.165, 1.54) is 4.88 Å². The molecule has 0 spiro atoms. The third kappa shape index (κ3) is 5.06. The number of hydrogen-bond acceptors (Lipinski definition) is 5. The van der Waals surface area contributed by atoms with Crippen LogP contribution in [0.15, 0.2) is 41.8 Å². The first-order valence-corrected chi connectivity index (χ1v) is 9.84. The SMILES string of the molecule is CN(C)C(CNC(=O)c1cccc(OCC2CCCO2)c1)c1cccs1. The predicted octanol–water partition coefficient (Wildman–Crippen LogP) is 3.34. The van der Waals surface area contributed by atoms with E-state index in [4.69, 9.17) is 9.47 Å². The fourth-order valence-electron chi connectivity index (χ4n) is 3.00. The van der Waals surface area contributed by atoms with Crippen LogP contribution in [0.2, 0.25) is 0 Å². The maximum atomic E-state index is 12.5. The van der Waals surface area contributed by atoms with Gasteiger partial charge in [-0.3, -0.25) is 4.79 Å². The lowest BCUT2D eigenvalue weighted by atomic mass is 10.1. The highest BCUT2D eigenvalue weighted by atomic mass is 32.1. The summed E-state index contributed by atoms with van der Waals surface area (Å²) in [4.78, 5) is 15.9. The third-order valence-corrected chi connectivity index (χ3v) is 5.48. The van der Waals surface area contributed by atoms with Crippen LogP contribution in [0.4, 0.5) is 0 Å². The molecule has 2 atom stereocenters. The van der Waals surface area contributed by atoms with Crippen LogP contribution in [0.25, 0.3) is 0 Å². The molecule has 0 aliphatic carbocycles. The lowest BCUT2D eigenvalue weighted by molar-refractivity contribution is 0.0679. The minimum absolute atomic E-state index is 0.0871. The molecule has 1 amide bonds. The summed E-state index contributed by atoms with van der Waals surface area (Å²) in [5.74, 6) is 0.617. The second-order valence-electron chi connectivity index (χ2n) is 6.68. The van der Waals surface area contributed by atoms with Crippen molar-refractivity contribution in [3.05, 3.63) is 52.2 Å². The van der Waals surface area contributed by atoms with Crippen LogP contribution >= 0.6 is 11.3 Å². The van der Waals surface area contributed by atoms with Crippen molar-refractivity contribution in [3.63, 3.8) is 0 Å². The quantitative estimate of drug-likeness (QED) is 0.770. The number of ether oxygens (including phenoxy) is 2. The Balaban J connectivity index is 1.56. The van der Waals surface area contributed by atoms with Gasteiger partial charge in [0.15, 0.2) is 0 Å². The standard InChI is InChI=1S/C20H26N2O3S/c1-22(2)18(19-9-5-11-26-19)13-21-20(23)15-6-3-7-16(12-15)25-14-17-8-4-10-24-17/h3,5-7,9,11-12,17-18H,4,8,10,13-14H2,1-2H3,(H,21,23). The first-order valence-electron chi connectivity index (χ1n) is 8.96. The van der Waals surface area contributed by atoms with Crippen molar-refractivity contribution >= 4 is 17.2 Å². The average molecular weight is 375 g/mol. The summed E-state index contributed by atoms with van der Waals surface area (Å²) in [5, 5.41) is 5.10. The molecule has 2 aromatic rings. The summed E-state index contributed by atoms with van der Waals surface area (Å²) in [6.45, 7) is 1.91. The Kier molecular flexibility index (Phi) is 6.66. The van der Waals surface area contributed by atoms with E-state index in [1.807, 2.05) is 38.4 Å². The number of benzene rings is 1. The largest absolute Gasteiger partial charge is 0.491 e. The van der Waals surface area contributed by atoms with E-state index in [9.17, 15) is 4.79 Å². The van der Waals surface area contributed by atoms with Gasteiger partial charge in [-0.1, -0.05) is 12.1 Å². The number of thiophene rings is 1. The number of rotatable bonds is 8. The number of carbonyl (C=O) groups is 1. The van der Waals surface area contributed by atoms with E-state index >= 15 is 0 Å². The van der Waals surface area contributed by atoms with Crippen molar-refractivity contribution in [2.24, 2.45) is 0 Å². The Morgan fingerprint density at radius 3 is 2.96 bits per heavy atom. The first kappa shape index (κ1) is 18.9.